The summed E-state index contributed by atoms with van der Waals surface area (Å²) in [6, 6.07) is 0. The minimum atomic E-state index is -2.33. The molecule has 0 aromatic carbocycles. The molecule has 5 nitrogen and oxygen atoms in total. The van der Waals surface area contributed by atoms with Crippen LogP contribution < -0.4 is 15.3 Å². The van der Waals surface area contributed by atoms with Gasteiger partial charge in [-0.2, -0.15) is 0 Å². The SMILES string of the molecule is CC(=O)/C=C(/C)[O-].O=C([O-])[O-].[Cr+2]. The summed E-state index contributed by atoms with van der Waals surface area (Å²) < 4.78 is 0. The molecule has 0 amide bonds. The van der Waals surface area contributed by atoms with Crippen molar-refractivity contribution in [2.75, 3.05) is 0 Å². The monoisotopic (exact) mass is 211 g/mol. The second-order valence-electron chi connectivity index (χ2n) is 1.62. The van der Waals surface area contributed by atoms with Gasteiger partial charge in [0.25, 0.3) is 0 Å². The van der Waals surface area contributed by atoms with E-state index in [9.17, 15) is 9.90 Å². The van der Waals surface area contributed by atoms with Crippen LogP contribution in [0.25, 0.3) is 0 Å². The van der Waals surface area contributed by atoms with E-state index in [0.717, 1.165) is 6.08 Å². The predicted molar refractivity (Wildman–Crippen MR) is 29.8 cm³/mol. The van der Waals surface area contributed by atoms with E-state index in [2.05, 4.69) is 0 Å². The summed E-state index contributed by atoms with van der Waals surface area (Å²) in [4.78, 5) is 18.3. The van der Waals surface area contributed by atoms with E-state index in [1.807, 2.05) is 0 Å². The van der Waals surface area contributed by atoms with Crippen LogP contribution in [0.1, 0.15) is 13.8 Å². The van der Waals surface area contributed by atoms with E-state index in [4.69, 9.17) is 15.0 Å². The molecule has 0 heterocycles. The van der Waals surface area contributed by atoms with Gasteiger partial charge in [0, 0.05) is 0 Å². The van der Waals surface area contributed by atoms with Crippen LogP contribution in [0.2, 0.25) is 0 Å². The summed E-state index contributed by atoms with van der Waals surface area (Å²) in [6.45, 7) is 2.70. The Morgan fingerprint density at radius 3 is 1.33 bits per heavy atom. The van der Waals surface area contributed by atoms with E-state index in [0.29, 0.717) is 0 Å². The average molecular weight is 211 g/mol. The van der Waals surface area contributed by atoms with Crippen LogP contribution in [-0.4, -0.2) is 11.9 Å². The fraction of sp³-hybridized carbons (Fsp3) is 0.333. The first-order chi connectivity index (χ1) is 4.86. The molecule has 0 aliphatic rings. The van der Waals surface area contributed by atoms with Gasteiger partial charge in [0.05, 0.1) is 0 Å². The van der Waals surface area contributed by atoms with Gasteiger partial charge in [-0.25, -0.2) is 0 Å². The predicted octanol–water partition coefficient (Wildman–Crippen LogP) is -2.61. The smallest absolute Gasteiger partial charge is 0.876 e. The van der Waals surface area contributed by atoms with Crippen molar-refractivity contribution in [3.8, 4) is 0 Å². The zero-order valence-electron chi connectivity index (χ0n) is 6.53. The van der Waals surface area contributed by atoms with Crippen LogP contribution >= 0.6 is 0 Å². The quantitative estimate of drug-likeness (QED) is 0.349. The van der Waals surface area contributed by atoms with E-state index in [1.54, 1.807) is 0 Å². The number of hydrogen-bond acceptors (Lipinski definition) is 5. The fourth-order valence-electron chi connectivity index (χ4n) is 0.286. The molecule has 0 aliphatic heterocycles. The van der Waals surface area contributed by atoms with Crippen LogP contribution in [0.3, 0.4) is 0 Å². The topological polar surface area (TPSA) is 103 Å². The van der Waals surface area contributed by atoms with E-state index in [-0.39, 0.29) is 28.9 Å². The Kier molecular flexibility index (Phi) is 14.3. The van der Waals surface area contributed by atoms with Gasteiger partial charge in [0.15, 0.2) is 5.78 Å². The Balaban J connectivity index is -0.000000142. The third kappa shape index (κ3) is 63.8. The van der Waals surface area contributed by atoms with Crippen LogP contribution in [0.5, 0.6) is 0 Å². The van der Waals surface area contributed by atoms with Crippen molar-refractivity contribution in [1.82, 2.24) is 0 Å². The average Bonchev–Trinajstić information content (AvgIpc) is 1.56. The van der Waals surface area contributed by atoms with E-state index >= 15 is 0 Å². The van der Waals surface area contributed by atoms with Crippen LogP contribution in [0.15, 0.2) is 11.8 Å². The Labute approximate surface area is 80.5 Å². The summed E-state index contributed by atoms with van der Waals surface area (Å²) in [7, 11) is 0. The van der Waals surface area contributed by atoms with Gasteiger partial charge >= 0.3 is 17.4 Å². The summed E-state index contributed by atoms with van der Waals surface area (Å²) >= 11 is 0. The second kappa shape index (κ2) is 10.0. The summed E-state index contributed by atoms with van der Waals surface area (Å²) in [6.07, 6.45) is -1.28. The molecule has 0 bridgehead atoms. The number of rotatable bonds is 1. The normalized spacial score (nSPS) is 8.67. The van der Waals surface area contributed by atoms with Gasteiger partial charge in [-0.1, -0.05) is 6.92 Å². The molecule has 0 atom stereocenters. The molecule has 0 radical (unpaired) electrons. The minimum absolute atomic E-state index is 0. The van der Waals surface area contributed by atoms with E-state index < -0.39 is 6.16 Å². The maximum atomic E-state index is 9.98. The Morgan fingerprint density at radius 2 is 1.33 bits per heavy atom. The van der Waals surface area contributed by atoms with Crippen LogP contribution in [0, 0.1) is 0 Å². The fourth-order valence-corrected chi connectivity index (χ4v) is 0.286. The van der Waals surface area contributed by atoms with Gasteiger partial charge < -0.3 is 20.1 Å². The molecule has 0 unspecified atom stereocenters. The molecule has 12 heavy (non-hydrogen) atoms. The minimum Gasteiger partial charge on any atom is -0.876 e. The van der Waals surface area contributed by atoms with Crippen molar-refractivity contribution in [3.63, 3.8) is 0 Å². The molecule has 0 aromatic rings. The molecule has 0 aromatic heterocycles. The number of ketones is 1. The first kappa shape index (κ1) is 17.2. The number of carbonyl (C=O) groups is 2. The zero-order valence-corrected chi connectivity index (χ0v) is 7.80. The largest absolute Gasteiger partial charge is 2.00 e. The van der Waals surface area contributed by atoms with Gasteiger partial charge in [0.1, 0.15) is 0 Å². The first-order valence-electron chi connectivity index (χ1n) is 2.60. The second-order valence-corrected chi connectivity index (χ2v) is 1.62. The standard InChI is InChI=1S/C5H8O2.CH2O3.Cr/c1-4(6)3-5(2)7;2-1(3)4;/h3,6H,1-2H3;(H2,2,3,4);/q;;+2/p-3/b4-3-;;. The van der Waals surface area contributed by atoms with Crippen molar-refractivity contribution in [2.45, 2.75) is 13.8 Å². The number of allylic oxidation sites excluding steroid dienone is 2. The van der Waals surface area contributed by atoms with Gasteiger partial charge in [-0.05, 0) is 19.2 Å². The summed E-state index contributed by atoms with van der Waals surface area (Å²) in [5, 5.41) is 26.6. The molecule has 0 N–H and O–H groups in total. The zero-order chi connectivity index (χ0) is 9.44. The molecular weight excluding hydrogens is 204 g/mol. The number of hydrogen-bond donors (Lipinski definition) is 0. The van der Waals surface area contributed by atoms with Gasteiger partial charge in [-0.3, -0.25) is 4.79 Å². The maximum Gasteiger partial charge on any atom is 2.00 e. The van der Waals surface area contributed by atoms with E-state index in [1.165, 1.54) is 13.8 Å². The Morgan fingerprint density at radius 1 is 1.08 bits per heavy atom. The molecular formula is C6H7CrO5-. The first-order valence-corrected chi connectivity index (χ1v) is 2.60. The van der Waals surface area contributed by atoms with Crippen molar-refractivity contribution >= 4 is 11.9 Å². The van der Waals surface area contributed by atoms with Crippen molar-refractivity contribution in [2.24, 2.45) is 0 Å². The van der Waals surface area contributed by atoms with Crippen molar-refractivity contribution < 1.29 is 42.3 Å². The van der Waals surface area contributed by atoms with Crippen LogP contribution in [-0.2, 0) is 22.2 Å². The third-order valence-corrected chi connectivity index (χ3v) is 0.407. The molecule has 68 valence electrons. The number of carboxylic acid groups (broad SMARTS) is 2. The third-order valence-electron chi connectivity index (χ3n) is 0.407. The molecule has 0 fully saturated rings. The van der Waals surface area contributed by atoms with Crippen molar-refractivity contribution in [1.29, 1.82) is 0 Å². The molecule has 0 rings (SSSR count). The Bertz CT molecular complexity index is 167. The van der Waals surface area contributed by atoms with Gasteiger partial charge in [0.2, 0.25) is 0 Å². The van der Waals surface area contributed by atoms with Crippen molar-refractivity contribution in [3.05, 3.63) is 11.8 Å². The molecule has 0 saturated carbocycles. The maximum absolute atomic E-state index is 9.98. The van der Waals surface area contributed by atoms with Crippen LogP contribution in [0.4, 0.5) is 4.79 Å². The Hall–Kier alpha value is -0.988. The molecule has 0 saturated heterocycles. The summed E-state index contributed by atoms with van der Waals surface area (Å²) in [5.74, 6) is -0.375. The number of carbonyl (C=O) groups excluding carboxylic acids is 2. The molecule has 6 heteroatoms. The van der Waals surface area contributed by atoms with Gasteiger partial charge in [-0.15, -0.1) is 5.76 Å². The molecule has 0 spiro atoms. The summed E-state index contributed by atoms with van der Waals surface area (Å²) in [5.41, 5.74) is 0. The molecule has 0 aliphatic carbocycles.